The molecule has 0 amide bonds. The first-order chi connectivity index (χ1) is 13.9. The van der Waals surface area contributed by atoms with Gasteiger partial charge in [-0.15, -0.1) is 0 Å². The van der Waals surface area contributed by atoms with Crippen molar-refractivity contribution in [2.75, 3.05) is 0 Å². The zero-order valence-electron chi connectivity index (χ0n) is 18.1. The molecule has 1 aromatic carbocycles. The van der Waals surface area contributed by atoms with E-state index in [2.05, 4.69) is 47.2 Å². The van der Waals surface area contributed by atoms with Crippen molar-refractivity contribution >= 4 is 12.4 Å². The molecule has 0 saturated heterocycles. The van der Waals surface area contributed by atoms with Crippen molar-refractivity contribution in [1.29, 1.82) is 0 Å². The van der Waals surface area contributed by atoms with Crippen LogP contribution in [-0.2, 0) is 6.42 Å². The summed E-state index contributed by atoms with van der Waals surface area (Å²) in [4.78, 5) is 8.99. The van der Waals surface area contributed by atoms with Gasteiger partial charge in [-0.25, -0.2) is 0 Å². The molecule has 0 aromatic heterocycles. The molecule has 0 bridgehead atoms. The number of hydrogen-bond acceptors (Lipinski definition) is 2. The minimum atomic E-state index is 0.512. The molecule has 28 heavy (non-hydrogen) atoms. The molecule has 2 heteroatoms. The highest BCUT2D eigenvalue weighted by Crippen LogP contribution is 2.29. The second-order valence-electron chi connectivity index (χ2n) is 8.31. The highest BCUT2D eigenvalue weighted by atomic mass is 15.0. The van der Waals surface area contributed by atoms with E-state index in [9.17, 15) is 0 Å². The van der Waals surface area contributed by atoms with Crippen LogP contribution in [0.2, 0.25) is 0 Å². The lowest BCUT2D eigenvalue weighted by Gasteiger charge is -2.14. The van der Waals surface area contributed by atoms with Gasteiger partial charge in [0.05, 0.1) is 5.92 Å². The summed E-state index contributed by atoms with van der Waals surface area (Å²) in [5.41, 5.74) is 1.42. The molecule has 1 aliphatic heterocycles. The first-order valence-electron chi connectivity index (χ1n) is 11.9. The van der Waals surface area contributed by atoms with Gasteiger partial charge >= 0.3 is 0 Å². The van der Waals surface area contributed by atoms with Crippen molar-refractivity contribution in [1.82, 2.24) is 0 Å². The maximum atomic E-state index is 4.49. The van der Waals surface area contributed by atoms with Crippen LogP contribution >= 0.6 is 0 Å². The molecule has 0 spiro atoms. The predicted molar refractivity (Wildman–Crippen MR) is 124 cm³/mol. The van der Waals surface area contributed by atoms with Crippen LogP contribution in [0.4, 0.5) is 0 Å². The van der Waals surface area contributed by atoms with Crippen LogP contribution in [-0.4, -0.2) is 12.4 Å². The molecule has 2 nitrogen and oxygen atoms in total. The quantitative estimate of drug-likeness (QED) is 0.193. The fraction of sp³-hybridized carbons (Fsp3) is 0.654. The molecule has 1 unspecified atom stereocenters. The Morgan fingerprint density at radius 1 is 0.679 bits per heavy atom. The molecule has 2 rings (SSSR count). The Kier molecular flexibility index (Phi) is 12.5. The van der Waals surface area contributed by atoms with Gasteiger partial charge in [-0.1, -0.05) is 124 Å². The Bertz CT molecular complexity index is 523. The average Bonchev–Trinajstić information content (AvgIpc) is 3.26. The van der Waals surface area contributed by atoms with Crippen molar-refractivity contribution < 1.29 is 0 Å². The summed E-state index contributed by atoms with van der Waals surface area (Å²) < 4.78 is 0. The third-order valence-electron chi connectivity index (χ3n) is 5.88. The van der Waals surface area contributed by atoms with Crippen LogP contribution in [0.5, 0.6) is 0 Å². The van der Waals surface area contributed by atoms with Gasteiger partial charge in [0.15, 0.2) is 12.4 Å². The smallest absolute Gasteiger partial charge is 0.0965 e. The Morgan fingerprint density at radius 2 is 1.21 bits per heavy atom. The Balaban J connectivity index is 1.51. The lowest BCUT2D eigenvalue weighted by atomic mass is 9.91. The highest BCUT2D eigenvalue weighted by Gasteiger charge is 2.28. The van der Waals surface area contributed by atoms with Crippen LogP contribution in [0, 0.1) is 12.1 Å². The number of hydrogen-bond donors (Lipinski definition) is 0. The molecule has 1 aliphatic rings. The van der Waals surface area contributed by atoms with Crippen molar-refractivity contribution in [3.05, 3.63) is 42.1 Å². The number of benzene rings is 1. The van der Waals surface area contributed by atoms with E-state index in [1.54, 1.807) is 0 Å². The third-order valence-corrected chi connectivity index (χ3v) is 5.88. The normalized spacial score (nSPS) is 14.1. The second-order valence-corrected chi connectivity index (χ2v) is 8.31. The number of aryl methyl sites for hydroxylation is 1. The number of nitrogens with zero attached hydrogens (tertiary/aromatic N) is 2. The highest BCUT2D eigenvalue weighted by molar-refractivity contribution is 6.18. The largest absolute Gasteiger partial charge is 0.243 e. The molecule has 0 fully saturated rings. The second kappa shape index (κ2) is 15.4. The molecule has 154 valence electrons. The van der Waals surface area contributed by atoms with Crippen molar-refractivity contribution in [3.8, 4) is 0 Å². The first-order valence-corrected chi connectivity index (χ1v) is 11.9. The Morgan fingerprint density at radius 3 is 1.79 bits per heavy atom. The van der Waals surface area contributed by atoms with E-state index in [1.165, 1.54) is 89.0 Å². The summed E-state index contributed by atoms with van der Waals surface area (Å²) >= 11 is 0. The summed E-state index contributed by atoms with van der Waals surface area (Å²) in [6.07, 6.45) is 25.1. The fourth-order valence-corrected chi connectivity index (χ4v) is 4.08. The molecule has 1 heterocycles. The molecular formula is C26H41N2+. The van der Waals surface area contributed by atoms with Gasteiger partial charge in [-0.05, 0) is 24.8 Å². The summed E-state index contributed by atoms with van der Waals surface area (Å²) in [5.74, 6) is 0.512. The van der Waals surface area contributed by atoms with E-state index < -0.39 is 0 Å². The Labute approximate surface area is 174 Å². The van der Waals surface area contributed by atoms with Crippen LogP contribution in [0.3, 0.4) is 0 Å². The minimum absolute atomic E-state index is 0.512. The summed E-state index contributed by atoms with van der Waals surface area (Å²) in [5, 5.41) is 0. The maximum absolute atomic E-state index is 4.49. The fourth-order valence-electron chi connectivity index (χ4n) is 4.08. The number of rotatable bonds is 17. The van der Waals surface area contributed by atoms with Crippen LogP contribution in [0.15, 0.2) is 40.3 Å². The predicted octanol–water partition coefficient (Wildman–Crippen LogP) is 7.97. The minimum Gasteiger partial charge on any atom is -0.0965 e. The molecular weight excluding hydrogens is 340 g/mol. The van der Waals surface area contributed by atoms with E-state index in [4.69, 9.17) is 0 Å². The lowest BCUT2D eigenvalue weighted by Crippen LogP contribution is -2.09. The maximum Gasteiger partial charge on any atom is 0.243 e. The molecule has 0 aliphatic carbocycles. The van der Waals surface area contributed by atoms with Crippen molar-refractivity contribution in [2.45, 2.75) is 103 Å². The van der Waals surface area contributed by atoms with Crippen LogP contribution in [0.25, 0.3) is 0 Å². The standard InChI is InChI=1S/C26H41N2/c1-2-3-4-5-6-7-8-9-10-11-12-16-19-25(26-27-22-23-28-26)21-20-24-17-14-13-15-18-24/h13-15,17-18,22-23,25H,2-12,16,19-21H2,1H3/q+1. The van der Waals surface area contributed by atoms with Gasteiger partial charge in [0.2, 0.25) is 6.17 Å². The zero-order valence-corrected chi connectivity index (χ0v) is 18.1. The van der Waals surface area contributed by atoms with E-state index in [-0.39, 0.29) is 0 Å². The first kappa shape index (κ1) is 22.7. The Hall–Kier alpha value is -1.57. The summed E-state index contributed by atoms with van der Waals surface area (Å²) in [6.45, 7) is 2.29. The lowest BCUT2D eigenvalue weighted by molar-refractivity contribution is 0.430. The monoisotopic (exact) mass is 381 g/mol. The van der Waals surface area contributed by atoms with Gasteiger partial charge in [-0.2, -0.15) is 0 Å². The van der Waals surface area contributed by atoms with Crippen molar-refractivity contribution in [2.24, 2.45) is 15.9 Å². The third kappa shape index (κ3) is 10.1. The van der Waals surface area contributed by atoms with E-state index >= 15 is 0 Å². The van der Waals surface area contributed by atoms with Crippen LogP contribution in [0.1, 0.15) is 102 Å². The molecule has 0 N–H and O–H groups in total. The number of unbranched alkanes of at least 4 members (excludes halogenated alkanes) is 11. The van der Waals surface area contributed by atoms with Gasteiger partial charge in [-0.3, -0.25) is 0 Å². The van der Waals surface area contributed by atoms with E-state index in [1.807, 2.05) is 12.4 Å². The van der Waals surface area contributed by atoms with Crippen molar-refractivity contribution in [3.63, 3.8) is 0 Å². The van der Waals surface area contributed by atoms with E-state index in [0.29, 0.717) is 5.92 Å². The zero-order chi connectivity index (χ0) is 19.7. The summed E-state index contributed by atoms with van der Waals surface area (Å²) in [7, 11) is 0. The number of aliphatic imine (C=N–C) groups is 2. The van der Waals surface area contributed by atoms with E-state index in [0.717, 1.165) is 19.0 Å². The van der Waals surface area contributed by atoms with Gasteiger partial charge in [0.25, 0.3) is 0 Å². The molecule has 0 saturated carbocycles. The average molecular weight is 382 g/mol. The summed E-state index contributed by atoms with van der Waals surface area (Å²) in [6, 6.07) is 10.8. The molecule has 1 atom stereocenters. The SMILES string of the molecule is CCCCCCCCCCCCCCC(CCc1ccccc1)[C+]1N=CC=N1. The molecule has 0 radical (unpaired) electrons. The van der Waals surface area contributed by atoms with Gasteiger partial charge in [0.1, 0.15) is 0 Å². The van der Waals surface area contributed by atoms with Gasteiger partial charge < -0.3 is 0 Å². The molecule has 1 aromatic rings. The van der Waals surface area contributed by atoms with Gasteiger partial charge in [0, 0.05) is 0 Å². The van der Waals surface area contributed by atoms with Crippen LogP contribution < -0.4 is 0 Å². The topological polar surface area (TPSA) is 24.7 Å².